The zero-order chi connectivity index (χ0) is 26.5. The zero-order valence-electron chi connectivity index (χ0n) is 21.0. The van der Waals surface area contributed by atoms with Crippen LogP contribution < -0.4 is 4.74 Å². The summed E-state index contributed by atoms with van der Waals surface area (Å²) in [5, 5.41) is 21.1. The molecule has 0 aliphatic rings. The van der Waals surface area contributed by atoms with Gasteiger partial charge in [0.1, 0.15) is 17.2 Å². The quantitative estimate of drug-likeness (QED) is 0.170. The van der Waals surface area contributed by atoms with E-state index in [0.29, 0.717) is 17.1 Å². The van der Waals surface area contributed by atoms with Crippen molar-refractivity contribution >= 4 is 5.69 Å². The zero-order valence-corrected chi connectivity index (χ0v) is 21.0. The van der Waals surface area contributed by atoms with E-state index < -0.39 is 4.92 Å². The molecule has 0 spiro atoms. The molecule has 0 fully saturated rings. The molecule has 0 bridgehead atoms. The van der Waals surface area contributed by atoms with Gasteiger partial charge in [-0.25, -0.2) is 0 Å². The van der Waals surface area contributed by atoms with Crippen molar-refractivity contribution in [2.45, 2.75) is 19.3 Å². The molecule has 0 aromatic heterocycles. The first kappa shape index (κ1) is 24.8. The number of non-ortho nitro benzene ring substituents is 1. The van der Waals surface area contributed by atoms with E-state index in [1.165, 1.54) is 6.07 Å². The monoisotopic (exact) mass is 501 g/mol. The number of phenols is 1. The third-order valence-corrected chi connectivity index (χ3v) is 6.61. The van der Waals surface area contributed by atoms with Gasteiger partial charge < -0.3 is 9.84 Å². The van der Waals surface area contributed by atoms with E-state index >= 15 is 0 Å². The smallest absolute Gasteiger partial charge is 0.270 e. The van der Waals surface area contributed by atoms with Crippen LogP contribution in [0, 0.1) is 10.1 Å². The van der Waals surface area contributed by atoms with Crippen molar-refractivity contribution in [3.05, 3.63) is 143 Å². The van der Waals surface area contributed by atoms with Gasteiger partial charge in [0, 0.05) is 23.3 Å². The average Bonchev–Trinajstić information content (AvgIpc) is 2.95. The maximum Gasteiger partial charge on any atom is 0.270 e. The summed E-state index contributed by atoms with van der Waals surface area (Å²) in [7, 11) is 0. The second kappa shape index (κ2) is 11.0. The average molecular weight is 502 g/mol. The SMILES string of the molecule is CC(Cc1ccc(O)cc1)c1ccc(Oc2ccc([N+](=O)[O-])cc2-c2ccccc2)c(-c2ccccc2)c1. The largest absolute Gasteiger partial charge is 0.508 e. The van der Waals surface area contributed by atoms with E-state index in [4.69, 9.17) is 4.74 Å². The lowest BCUT2D eigenvalue weighted by atomic mass is 9.91. The predicted molar refractivity (Wildman–Crippen MR) is 151 cm³/mol. The Hall–Kier alpha value is -4.90. The van der Waals surface area contributed by atoms with Gasteiger partial charge in [-0.1, -0.05) is 85.8 Å². The van der Waals surface area contributed by atoms with Crippen LogP contribution in [0.15, 0.2) is 121 Å². The molecule has 1 atom stereocenters. The molecule has 5 aromatic carbocycles. The molecular formula is C33H27NO4. The summed E-state index contributed by atoms with van der Waals surface area (Å²) in [6.45, 7) is 2.18. The third kappa shape index (κ3) is 5.57. The van der Waals surface area contributed by atoms with E-state index in [2.05, 4.69) is 19.1 Å². The minimum atomic E-state index is -0.393. The molecule has 0 heterocycles. The fourth-order valence-corrected chi connectivity index (χ4v) is 4.57. The minimum absolute atomic E-state index is 0.0119. The van der Waals surface area contributed by atoms with Crippen LogP contribution in [0.2, 0.25) is 0 Å². The number of nitro benzene ring substituents is 1. The summed E-state index contributed by atoms with van der Waals surface area (Å²) in [4.78, 5) is 11.1. The number of nitro groups is 1. The molecule has 1 N–H and O–H groups in total. The number of nitrogens with zero attached hydrogens (tertiary/aromatic N) is 1. The van der Waals surface area contributed by atoms with E-state index in [1.54, 1.807) is 24.3 Å². The van der Waals surface area contributed by atoms with Crippen LogP contribution in [-0.2, 0) is 6.42 Å². The van der Waals surface area contributed by atoms with Crippen LogP contribution in [0.25, 0.3) is 22.3 Å². The molecule has 5 nitrogen and oxygen atoms in total. The van der Waals surface area contributed by atoms with Crippen molar-refractivity contribution in [3.8, 4) is 39.5 Å². The van der Waals surface area contributed by atoms with Crippen LogP contribution in [0.3, 0.4) is 0 Å². The molecule has 5 aromatic rings. The number of aromatic hydroxyl groups is 1. The van der Waals surface area contributed by atoms with Crippen molar-refractivity contribution in [2.75, 3.05) is 0 Å². The summed E-state index contributed by atoms with van der Waals surface area (Å²) in [5.41, 5.74) is 5.78. The number of ether oxygens (including phenoxy) is 1. The Labute approximate surface area is 221 Å². The highest BCUT2D eigenvalue weighted by molar-refractivity contribution is 5.76. The van der Waals surface area contributed by atoms with Gasteiger partial charge in [-0.05, 0) is 64.9 Å². The van der Waals surface area contributed by atoms with Gasteiger partial charge in [0.25, 0.3) is 5.69 Å². The first-order valence-corrected chi connectivity index (χ1v) is 12.5. The summed E-state index contributed by atoms with van der Waals surface area (Å²) in [5.74, 6) is 1.71. The highest BCUT2D eigenvalue weighted by Gasteiger charge is 2.17. The van der Waals surface area contributed by atoms with Crippen LogP contribution in [0.4, 0.5) is 5.69 Å². The molecule has 0 aliphatic carbocycles. The second-order valence-electron chi connectivity index (χ2n) is 9.30. The van der Waals surface area contributed by atoms with Gasteiger partial charge in [-0.3, -0.25) is 10.1 Å². The van der Waals surface area contributed by atoms with Crippen molar-refractivity contribution in [3.63, 3.8) is 0 Å². The van der Waals surface area contributed by atoms with Gasteiger partial charge in [-0.15, -0.1) is 0 Å². The van der Waals surface area contributed by atoms with E-state index in [9.17, 15) is 15.2 Å². The Morgan fingerprint density at radius 3 is 1.87 bits per heavy atom. The first-order chi connectivity index (χ1) is 18.5. The van der Waals surface area contributed by atoms with Crippen LogP contribution in [0.1, 0.15) is 24.0 Å². The number of phenolic OH excluding ortho intramolecular Hbond substituents is 1. The molecule has 1 unspecified atom stereocenters. The Bertz CT molecular complexity index is 1550. The summed E-state index contributed by atoms with van der Waals surface area (Å²) >= 11 is 0. The molecule has 0 amide bonds. The van der Waals surface area contributed by atoms with Gasteiger partial charge in [0.2, 0.25) is 0 Å². The van der Waals surface area contributed by atoms with Gasteiger partial charge in [-0.2, -0.15) is 0 Å². The van der Waals surface area contributed by atoms with E-state index in [0.717, 1.165) is 34.2 Å². The van der Waals surface area contributed by atoms with Crippen LogP contribution >= 0.6 is 0 Å². The first-order valence-electron chi connectivity index (χ1n) is 12.5. The molecule has 0 radical (unpaired) electrons. The highest BCUT2D eigenvalue weighted by Crippen LogP contribution is 2.41. The maximum atomic E-state index is 11.5. The molecule has 0 saturated heterocycles. The van der Waals surface area contributed by atoms with Gasteiger partial charge in [0.15, 0.2) is 0 Å². The Kier molecular flexibility index (Phi) is 7.18. The van der Waals surface area contributed by atoms with E-state index in [-0.39, 0.29) is 17.4 Å². The van der Waals surface area contributed by atoms with Crippen molar-refractivity contribution in [1.82, 2.24) is 0 Å². The Morgan fingerprint density at radius 1 is 0.737 bits per heavy atom. The molecule has 38 heavy (non-hydrogen) atoms. The third-order valence-electron chi connectivity index (χ3n) is 6.61. The minimum Gasteiger partial charge on any atom is -0.508 e. The molecule has 0 saturated carbocycles. The summed E-state index contributed by atoms with van der Waals surface area (Å²) < 4.78 is 6.50. The summed E-state index contributed by atoms with van der Waals surface area (Å²) in [6.07, 6.45) is 0.829. The molecular weight excluding hydrogens is 474 g/mol. The number of rotatable bonds is 8. The number of hydrogen-bond donors (Lipinski definition) is 1. The molecule has 5 rings (SSSR count). The highest BCUT2D eigenvalue weighted by atomic mass is 16.6. The van der Waals surface area contributed by atoms with Gasteiger partial charge >= 0.3 is 0 Å². The molecule has 188 valence electrons. The maximum absolute atomic E-state index is 11.5. The Morgan fingerprint density at radius 2 is 1.29 bits per heavy atom. The number of benzene rings is 5. The van der Waals surface area contributed by atoms with Gasteiger partial charge in [0.05, 0.1) is 4.92 Å². The van der Waals surface area contributed by atoms with Crippen molar-refractivity contribution < 1.29 is 14.8 Å². The predicted octanol–water partition coefficient (Wildman–Crippen LogP) is 8.77. The van der Waals surface area contributed by atoms with E-state index in [1.807, 2.05) is 78.9 Å². The lowest BCUT2D eigenvalue weighted by Gasteiger charge is -2.18. The normalized spacial score (nSPS) is 11.6. The lowest BCUT2D eigenvalue weighted by molar-refractivity contribution is -0.384. The fraction of sp³-hybridized carbons (Fsp3) is 0.0909. The Balaban J connectivity index is 1.54. The lowest BCUT2D eigenvalue weighted by Crippen LogP contribution is -2.00. The van der Waals surface area contributed by atoms with Crippen LogP contribution in [0.5, 0.6) is 17.2 Å². The second-order valence-corrected chi connectivity index (χ2v) is 9.30. The topological polar surface area (TPSA) is 72.6 Å². The summed E-state index contributed by atoms with van der Waals surface area (Å²) in [6, 6.07) is 37.8. The molecule has 5 heteroatoms. The molecule has 0 aliphatic heterocycles. The van der Waals surface area contributed by atoms with Crippen molar-refractivity contribution in [2.24, 2.45) is 0 Å². The fourth-order valence-electron chi connectivity index (χ4n) is 4.57. The van der Waals surface area contributed by atoms with Crippen molar-refractivity contribution in [1.29, 1.82) is 0 Å². The standard InChI is InChI=1S/C33H27NO4/c1-23(20-24-12-16-29(35)17-13-24)27-14-18-32(30(21-27)25-8-4-2-5-9-25)38-33-19-15-28(34(36)37)22-31(33)26-10-6-3-7-11-26/h2-19,21-23,35H,20H2,1H3. The number of hydrogen-bond acceptors (Lipinski definition) is 4. The van der Waals surface area contributed by atoms with Crippen LogP contribution in [-0.4, -0.2) is 10.0 Å².